The molecule has 6 nitrogen and oxygen atoms in total. The smallest absolute Gasteiger partial charge is 0.295 e. The Morgan fingerprint density at radius 3 is 2.45 bits per heavy atom. The number of nitrogens with zero attached hydrogens (tertiary/aromatic N) is 3. The lowest BCUT2D eigenvalue weighted by molar-refractivity contribution is 0.101. The summed E-state index contributed by atoms with van der Waals surface area (Å²) in [4.78, 5) is 17.4. The van der Waals surface area contributed by atoms with E-state index in [1.807, 2.05) is 49.4 Å². The van der Waals surface area contributed by atoms with Gasteiger partial charge in [0.05, 0.1) is 12.8 Å². The number of aryl methyl sites for hydroxylation is 1. The fourth-order valence-electron chi connectivity index (χ4n) is 3.03. The van der Waals surface area contributed by atoms with Crippen LogP contribution in [0.1, 0.15) is 16.2 Å². The second-order valence-corrected chi connectivity index (χ2v) is 7.67. The van der Waals surface area contributed by atoms with Crippen LogP contribution in [-0.2, 0) is 0 Å². The number of nitrogens with one attached hydrogen (secondary N) is 1. The van der Waals surface area contributed by atoms with E-state index in [1.165, 1.54) is 0 Å². The van der Waals surface area contributed by atoms with Gasteiger partial charge in [0.2, 0.25) is 5.82 Å². The SMILES string of the molecule is COc1ccc(-n2nc(C(=O)Nc3cc(Cl)ccc3C)nc2-c2cccc(Cl)c2)cc1. The van der Waals surface area contributed by atoms with Gasteiger partial charge in [-0.3, -0.25) is 4.79 Å². The molecule has 0 aliphatic carbocycles. The lowest BCUT2D eigenvalue weighted by Gasteiger charge is -2.07. The van der Waals surface area contributed by atoms with Gasteiger partial charge in [0.1, 0.15) is 5.75 Å². The van der Waals surface area contributed by atoms with Crippen LogP contribution in [-0.4, -0.2) is 27.8 Å². The summed E-state index contributed by atoms with van der Waals surface area (Å²) in [5, 5.41) is 8.38. The first-order valence-corrected chi connectivity index (χ1v) is 10.1. The summed E-state index contributed by atoms with van der Waals surface area (Å²) in [7, 11) is 1.60. The molecular formula is C23H18Cl2N4O2. The van der Waals surface area contributed by atoms with Gasteiger partial charge in [-0.05, 0) is 61.0 Å². The van der Waals surface area contributed by atoms with Crippen molar-refractivity contribution in [2.24, 2.45) is 0 Å². The Labute approximate surface area is 189 Å². The Balaban J connectivity index is 1.76. The number of anilines is 1. The van der Waals surface area contributed by atoms with Crippen molar-refractivity contribution in [2.45, 2.75) is 6.92 Å². The van der Waals surface area contributed by atoms with Crippen molar-refractivity contribution in [1.82, 2.24) is 14.8 Å². The fourth-order valence-corrected chi connectivity index (χ4v) is 3.40. The second kappa shape index (κ2) is 8.79. The molecule has 1 aromatic heterocycles. The molecule has 0 fully saturated rings. The number of benzene rings is 3. The lowest BCUT2D eigenvalue weighted by atomic mass is 10.2. The van der Waals surface area contributed by atoms with E-state index in [0.29, 0.717) is 27.3 Å². The van der Waals surface area contributed by atoms with Crippen LogP contribution in [0.15, 0.2) is 66.7 Å². The zero-order valence-electron chi connectivity index (χ0n) is 16.8. The molecule has 0 saturated carbocycles. The highest BCUT2D eigenvalue weighted by Crippen LogP contribution is 2.26. The zero-order valence-corrected chi connectivity index (χ0v) is 18.3. The largest absolute Gasteiger partial charge is 0.497 e. The summed E-state index contributed by atoms with van der Waals surface area (Å²) in [6, 6.07) is 19.8. The van der Waals surface area contributed by atoms with Crippen molar-refractivity contribution in [1.29, 1.82) is 0 Å². The normalized spacial score (nSPS) is 10.7. The van der Waals surface area contributed by atoms with Crippen LogP contribution in [0.4, 0.5) is 5.69 Å². The molecule has 0 atom stereocenters. The predicted molar refractivity (Wildman–Crippen MR) is 122 cm³/mol. The Bertz CT molecular complexity index is 1250. The van der Waals surface area contributed by atoms with Gasteiger partial charge >= 0.3 is 0 Å². The Kier molecular flexibility index (Phi) is 5.93. The average Bonchev–Trinajstić information content (AvgIpc) is 3.22. The Morgan fingerprint density at radius 2 is 1.74 bits per heavy atom. The van der Waals surface area contributed by atoms with E-state index >= 15 is 0 Å². The van der Waals surface area contributed by atoms with Crippen LogP contribution >= 0.6 is 23.2 Å². The van der Waals surface area contributed by atoms with Crippen molar-refractivity contribution in [3.63, 3.8) is 0 Å². The maximum atomic E-state index is 12.9. The standard InChI is InChI=1S/C23H18Cl2N4O2/c1-14-6-7-17(25)13-20(14)26-23(30)21-27-22(15-4-3-5-16(24)12-15)29(28-21)18-8-10-19(31-2)11-9-18/h3-13H,1-2H3,(H,26,30). The Hall–Kier alpha value is -3.35. The van der Waals surface area contributed by atoms with E-state index in [9.17, 15) is 4.79 Å². The maximum Gasteiger partial charge on any atom is 0.295 e. The van der Waals surface area contributed by atoms with E-state index < -0.39 is 5.91 Å². The number of aromatic nitrogens is 3. The molecule has 4 aromatic rings. The van der Waals surface area contributed by atoms with Gasteiger partial charge in [0.15, 0.2) is 5.82 Å². The van der Waals surface area contributed by atoms with Crippen LogP contribution in [0.2, 0.25) is 10.0 Å². The first kappa shape index (κ1) is 20.9. The van der Waals surface area contributed by atoms with Crippen LogP contribution in [0.5, 0.6) is 5.75 Å². The molecule has 0 aliphatic rings. The topological polar surface area (TPSA) is 69.0 Å². The number of hydrogen-bond acceptors (Lipinski definition) is 4. The third-order valence-electron chi connectivity index (χ3n) is 4.66. The fraction of sp³-hybridized carbons (Fsp3) is 0.0870. The van der Waals surface area contributed by atoms with E-state index in [-0.39, 0.29) is 5.82 Å². The molecule has 1 amide bonds. The number of ether oxygens (including phenoxy) is 1. The number of carbonyl (C=O) groups excluding carboxylic acids is 1. The van der Waals surface area contributed by atoms with E-state index in [2.05, 4.69) is 15.4 Å². The molecule has 3 aromatic carbocycles. The van der Waals surface area contributed by atoms with Crippen LogP contribution in [0.3, 0.4) is 0 Å². The number of methoxy groups -OCH3 is 1. The summed E-state index contributed by atoms with van der Waals surface area (Å²) in [5.74, 6) is 0.772. The quantitative estimate of drug-likeness (QED) is 0.414. The molecule has 0 aliphatic heterocycles. The molecule has 0 radical (unpaired) electrons. The van der Waals surface area contributed by atoms with Crippen LogP contribution < -0.4 is 10.1 Å². The van der Waals surface area contributed by atoms with E-state index in [4.69, 9.17) is 27.9 Å². The minimum absolute atomic E-state index is 0.0187. The summed E-state index contributed by atoms with van der Waals surface area (Å²) in [6.07, 6.45) is 0. The van der Waals surface area contributed by atoms with E-state index in [0.717, 1.165) is 16.8 Å². The molecule has 8 heteroatoms. The predicted octanol–water partition coefficient (Wildman–Crippen LogP) is 5.81. The second-order valence-electron chi connectivity index (χ2n) is 6.79. The summed E-state index contributed by atoms with van der Waals surface area (Å²) in [6.45, 7) is 1.88. The first-order chi connectivity index (χ1) is 14.9. The van der Waals surface area contributed by atoms with Crippen LogP contribution in [0, 0.1) is 6.92 Å². The molecule has 4 rings (SSSR count). The van der Waals surface area contributed by atoms with Gasteiger partial charge in [0.25, 0.3) is 5.91 Å². The number of halogens is 2. The molecular weight excluding hydrogens is 435 g/mol. The van der Waals surface area contributed by atoms with Gasteiger partial charge in [-0.25, -0.2) is 9.67 Å². The Morgan fingerprint density at radius 1 is 1.00 bits per heavy atom. The first-order valence-electron chi connectivity index (χ1n) is 9.39. The van der Waals surface area contributed by atoms with Crippen molar-refractivity contribution in [2.75, 3.05) is 12.4 Å². The molecule has 156 valence electrons. The highest BCUT2D eigenvalue weighted by Gasteiger charge is 2.20. The lowest BCUT2D eigenvalue weighted by Crippen LogP contribution is -2.15. The van der Waals surface area contributed by atoms with Gasteiger partial charge in [0, 0.05) is 21.3 Å². The van der Waals surface area contributed by atoms with Crippen molar-refractivity contribution in [3.8, 4) is 22.8 Å². The van der Waals surface area contributed by atoms with Crippen molar-refractivity contribution in [3.05, 3.63) is 88.2 Å². The number of amides is 1. The third-order valence-corrected chi connectivity index (χ3v) is 5.13. The minimum atomic E-state index is -0.444. The van der Waals surface area contributed by atoms with Crippen molar-refractivity contribution < 1.29 is 9.53 Å². The molecule has 1 N–H and O–H groups in total. The summed E-state index contributed by atoms with van der Waals surface area (Å²) >= 11 is 12.2. The molecule has 0 bridgehead atoms. The number of hydrogen-bond donors (Lipinski definition) is 1. The average molecular weight is 453 g/mol. The van der Waals surface area contributed by atoms with Gasteiger partial charge in [-0.1, -0.05) is 41.4 Å². The number of rotatable bonds is 5. The monoisotopic (exact) mass is 452 g/mol. The zero-order chi connectivity index (χ0) is 22.0. The van der Waals surface area contributed by atoms with Crippen molar-refractivity contribution >= 4 is 34.8 Å². The van der Waals surface area contributed by atoms with Gasteiger partial charge < -0.3 is 10.1 Å². The molecule has 1 heterocycles. The molecule has 0 unspecified atom stereocenters. The summed E-state index contributed by atoms with van der Waals surface area (Å²) in [5.41, 5.74) is 2.93. The summed E-state index contributed by atoms with van der Waals surface area (Å²) < 4.78 is 6.83. The number of carbonyl (C=O) groups is 1. The third kappa shape index (κ3) is 4.55. The highest BCUT2D eigenvalue weighted by molar-refractivity contribution is 6.31. The molecule has 0 saturated heterocycles. The van der Waals surface area contributed by atoms with Gasteiger partial charge in [-0.2, -0.15) is 0 Å². The van der Waals surface area contributed by atoms with Gasteiger partial charge in [-0.15, -0.1) is 5.10 Å². The van der Waals surface area contributed by atoms with Crippen LogP contribution in [0.25, 0.3) is 17.1 Å². The van der Waals surface area contributed by atoms with E-state index in [1.54, 1.807) is 36.1 Å². The molecule has 31 heavy (non-hydrogen) atoms. The molecule has 0 spiro atoms. The minimum Gasteiger partial charge on any atom is -0.497 e. The highest BCUT2D eigenvalue weighted by atomic mass is 35.5. The maximum absolute atomic E-state index is 12.9.